The van der Waals surface area contributed by atoms with Gasteiger partial charge in [-0.2, -0.15) is 0 Å². The van der Waals surface area contributed by atoms with Gasteiger partial charge in [-0.25, -0.2) is 4.39 Å². The highest BCUT2D eigenvalue weighted by Crippen LogP contribution is 2.14. The van der Waals surface area contributed by atoms with Crippen LogP contribution < -0.4 is 15.1 Å². The standard InChI is InChI=1S/C11H14FN3S/c1-2-14-7-13-11(16)15(8-14)10-5-3-9(12)4-6-10/h3-6H,2,7-8H2,1H3,(H,13,16)/p+1. The summed E-state index contributed by atoms with van der Waals surface area (Å²) >= 11 is 5.25. The van der Waals surface area contributed by atoms with Crippen molar-refractivity contribution in [1.82, 2.24) is 5.32 Å². The summed E-state index contributed by atoms with van der Waals surface area (Å²) in [5.74, 6) is -0.223. The van der Waals surface area contributed by atoms with Gasteiger partial charge in [-0.05, 0) is 43.4 Å². The number of anilines is 1. The molecule has 16 heavy (non-hydrogen) atoms. The van der Waals surface area contributed by atoms with Crippen LogP contribution in [0.15, 0.2) is 24.3 Å². The van der Waals surface area contributed by atoms with E-state index in [4.69, 9.17) is 12.2 Å². The summed E-state index contributed by atoms with van der Waals surface area (Å²) in [5.41, 5.74) is 0.935. The molecule has 86 valence electrons. The molecule has 1 aliphatic rings. The van der Waals surface area contributed by atoms with Crippen molar-refractivity contribution in [1.29, 1.82) is 0 Å². The first-order valence-corrected chi connectivity index (χ1v) is 5.76. The number of nitrogens with zero attached hydrogens (tertiary/aromatic N) is 1. The number of rotatable bonds is 2. The molecule has 0 saturated carbocycles. The monoisotopic (exact) mass is 240 g/mol. The quantitative estimate of drug-likeness (QED) is 0.727. The van der Waals surface area contributed by atoms with Gasteiger partial charge in [0.05, 0.1) is 6.54 Å². The Hall–Kier alpha value is -1.20. The molecule has 1 aliphatic heterocycles. The summed E-state index contributed by atoms with van der Waals surface area (Å²) in [6, 6.07) is 6.42. The fourth-order valence-electron chi connectivity index (χ4n) is 1.71. The predicted molar refractivity (Wildman–Crippen MR) is 65.9 cm³/mol. The Morgan fingerprint density at radius 1 is 1.44 bits per heavy atom. The lowest BCUT2D eigenvalue weighted by Gasteiger charge is -2.34. The van der Waals surface area contributed by atoms with Crippen LogP contribution in [0.25, 0.3) is 0 Å². The normalized spacial score (nSPS) is 20.8. The molecule has 1 saturated heterocycles. The summed E-state index contributed by atoms with van der Waals surface area (Å²) in [6.45, 7) is 4.85. The summed E-state index contributed by atoms with van der Waals surface area (Å²) < 4.78 is 12.8. The molecule has 1 atom stereocenters. The van der Waals surface area contributed by atoms with Crippen molar-refractivity contribution in [3.05, 3.63) is 30.1 Å². The van der Waals surface area contributed by atoms with Gasteiger partial charge in [0.15, 0.2) is 18.4 Å². The topological polar surface area (TPSA) is 19.7 Å². The summed E-state index contributed by atoms with van der Waals surface area (Å²) in [5, 5.41) is 3.88. The van der Waals surface area contributed by atoms with E-state index in [0.29, 0.717) is 5.11 Å². The number of benzene rings is 1. The maximum Gasteiger partial charge on any atom is 0.182 e. The SMILES string of the molecule is CC[NH+]1CNC(=S)N(c2ccc(F)cc2)C1. The van der Waals surface area contributed by atoms with Crippen LogP contribution in [-0.4, -0.2) is 25.0 Å². The van der Waals surface area contributed by atoms with Crippen molar-refractivity contribution in [2.45, 2.75) is 6.92 Å². The number of nitrogens with one attached hydrogen (secondary N) is 2. The lowest BCUT2D eigenvalue weighted by molar-refractivity contribution is -0.901. The second-order valence-electron chi connectivity index (χ2n) is 3.82. The van der Waals surface area contributed by atoms with E-state index in [2.05, 4.69) is 12.2 Å². The third-order valence-corrected chi connectivity index (χ3v) is 3.12. The van der Waals surface area contributed by atoms with Gasteiger partial charge in [0.2, 0.25) is 0 Å². The van der Waals surface area contributed by atoms with E-state index in [1.54, 1.807) is 12.1 Å². The Kier molecular flexibility index (Phi) is 3.36. The van der Waals surface area contributed by atoms with E-state index >= 15 is 0 Å². The Morgan fingerprint density at radius 2 is 2.12 bits per heavy atom. The fourth-order valence-corrected chi connectivity index (χ4v) is 1.96. The summed E-state index contributed by atoms with van der Waals surface area (Å²) in [7, 11) is 0. The molecule has 1 aromatic rings. The van der Waals surface area contributed by atoms with Gasteiger partial charge in [0.1, 0.15) is 5.82 Å². The smallest absolute Gasteiger partial charge is 0.182 e. The minimum atomic E-state index is -0.223. The molecule has 5 heteroatoms. The number of thiocarbonyl (C=S) groups is 1. The molecule has 0 amide bonds. The second kappa shape index (κ2) is 4.76. The van der Waals surface area contributed by atoms with Gasteiger partial charge >= 0.3 is 0 Å². The Balaban J connectivity index is 2.17. The highest BCUT2D eigenvalue weighted by atomic mass is 32.1. The van der Waals surface area contributed by atoms with Crippen molar-refractivity contribution in [2.24, 2.45) is 0 Å². The lowest BCUT2D eigenvalue weighted by atomic mass is 10.3. The first-order valence-electron chi connectivity index (χ1n) is 5.35. The van der Waals surface area contributed by atoms with Crippen LogP contribution in [0, 0.1) is 5.82 Å². The van der Waals surface area contributed by atoms with Crippen LogP contribution in [0.4, 0.5) is 10.1 Å². The zero-order chi connectivity index (χ0) is 11.5. The predicted octanol–water partition coefficient (Wildman–Crippen LogP) is 0.340. The van der Waals surface area contributed by atoms with Gasteiger partial charge in [-0.3, -0.25) is 4.90 Å². The number of quaternary nitrogens is 1. The molecule has 1 heterocycles. The molecule has 1 unspecified atom stereocenters. The van der Waals surface area contributed by atoms with Crippen molar-refractivity contribution >= 4 is 23.0 Å². The Morgan fingerprint density at radius 3 is 2.75 bits per heavy atom. The Bertz CT molecular complexity index is 379. The molecule has 0 aliphatic carbocycles. The molecule has 2 N–H and O–H groups in total. The summed E-state index contributed by atoms with van der Waals surface area (Å²) in [6.07, 6.45) is 0. The van der Waals surface area contributed by atoms with E-state index in [-0.39, 0.29) is 5.82 Å². The van der Waals surface area contributed by atoms with Gasteiger partial charge in [-0.15, -0.1) is 0 Å². The third kappa shape index (κ3) is 2.31. The molecule has 0 bridgehead atoms. The third-order valence-electron chi connectivity index (χ3n) is 2.75. The average Bonchev–Trinajstić information content (AvgIpc) is 2.31. The van der Waals surface area contributed by atoms with Gasteiger partial charge in [0.25, 0.3) is 0 Å². The van der Waals surface area contributed by atoms with Crippen molar-refractivity contribution in [2.75, 3.05) is 24.8 Å². The Labute approximate surface area is 99.8 Å². The minimum absolute atomic E-state index is 0.223. The molecule has 0 spiro atoms. The van der Waals surface area contributed by atoms with Crippen molar-refractivity contribution in [3.8, 4) is 0 Å². The molecule has 0 radical (unpaired) electrons. The minimum Gasteiger partial charge on any atom is -0.315 e. The molecular formula is C11H15FN3S+. The van der Waals surface area contributed by atoms with Crippen molar-refractivity contribution in [3.63, 3.8) is 0 Å². The van der Waals surface area contributed by atoms with Gasteiger partial charge in [-0.1, -0.05) is 0 Å². The zero-order valence-corrected chi connectivity index (χ0v) is 9.98. The molecule has 3 nitrogen and oxygen atoms in total. The maximum absolute atomic E-state index is 12.8. The molecule has 1 fully saturated rings. The van der Waals surface area contributed by atoms with E-state index in [1.165, 1.54) is 17.0 Å². The highest BCUT2D eigenvalue weighted by molar-refractivity contribution is 7.80. The summed E-state index contributed by atoms with van der Waals surface area (Å²) in [4.78, 5) is 3.40. The van der Waals surface area contributed by atoms with E-state index in [0.717, 1.165) is 25.6 Å². The number of hydrogen-bond acceptors (Lipinski definition) is 1. The molecule has 2 rings (SSSR count). The van der Waals surface area contributed by atoms with E-state index in [9.17, 15) is 4.39 Å². The first kappa shape index (κ1) is 11.3. The molecule has 1 aromatic carbocycles. The zero-order valence-electron chi connectivity index (χ0n) is 9.16. The van der Waals surface area contributed by atoms with Gasteiger partial charge in [0, 0.05) is 5.69 Å². The number of halogens is 1. The maximum atomic E-state index is 12.8. The van der Waals surface area contributed by atoms with Gasteiger partial charge < -0.3 is 10.2 Å². The van der Waals surface area contributed by atoms with Crippen LogP contribution in [0.1, 0.15) is 6.92 Å². The first-order chi connectivity index (χ1) is 7.70. The van der Waals surface area contributed by atoms with Crippen LogP contribution in [0.5, 0.6) is 0 Å². The van der Waals surface area contributed by atoms with Crippen LogP contribution in [0.3, 0.4) is 0 Å². The average molecular weight is 240 g/mol. The number of hydrogen-bond donors (Lipinski definition) is 2. The van der Waals surface area contributed by atoms with E-state index in [1.807, 2.05) is 4.90 Å². The van der Waals surface area contributed by atoms with E-state index < -0.39 is 0 Å². The lowest BCUT2D eigenvalue weighted by Crippen LogP contribution is -3.17. The molecule has 0 aromatic heterocycles. The van der Waals surface area contributed by atoms with Crippen LogP contribution >= 0.6 is 12.2 Å². The van der Waals surface area contributed by atoms with Crippen molar-refractivity contribution < 1.29 is 9.29 Å². The van der Waals surface area contributed by atoms with Crippen LogP contribution in [0.2, 0.25) is 0 Å². The fraction of sp³-hybridized carbons (Fsp3) is 0.364. The largest absolute Gasteiger partial charge is 0.315 e. The molecular weight excluding hydrogens is 225 g/mol. The second-order valence-corrected chi connectivity index (χ2v) is 4.21. The van der Waals surface area contributed by atoms with Crippen LogP contribution in [-0.2, 0) is 0 Å². The highest BCUT2D eigenvalue weighted by Gasteiger charge is 2.23.